The van der Waals surface area contributed by atoms with Crippen molar-refractivity contribution in [3.8, 4) is 0 Å². The fraction of sp³-hybridized carbons (Fsp3) is 1.00. The van der Waals surface area contributed by atoms with Crippen molar-refractivity contribution >= 4 is 0 Å². The molecule has 0 unspecified atom stereocenters. The first kappa shape index (κ1) is 99.9. The van der Waals surface area contributed by atoms with Gasteiger partial charge in [-0.05, 0) is 103 Å². The zero-order chi connectivity index (χ0) is 71.7. The van der Waals surface area contributed by atoms with Crippen LogP contribution < -0.4 is 21.3 Å². The van der Waals surface area contributed by atoms with Crippen LogP contribution in [0.2, 0.25) is 0 Å². The summed E-state index contributed by atoms with van der Waals surface area (Å²) in [7, 11) is 0. The van der Waals surface area contributed by atoms with Gasteiger partial charge in [-0.25, -0.2) is 0 Å². The molecule has 8 fully saturated rings. The van der Waals surface area contributed by atoms with Gasteiger partial charge in [0.05, 0.1) is 0 Å². The van der Waals surface area contributed by atoms with E-state index in [1.54, 1.807) is 0 Å². The van der Waals surface area contributed by atoms with Gasteiger partial charge in [-0.15, -0.1) is 0 Å². The Kier molecular flexibility index (Phi) is 60.9. The van der Waals surface area contributed by atoms with Gasteiger partial charge in [-0.3, -0.25) is 0 Å². The van der Waals surface area contributed by atoms with Crippen LogP contribution in [0.25, 0.3) is 0 Å². The van der Waals surface area contributed by atoms with Gasteiger partial charge >= 0.3 is 248 Å². The normalized spacial score (nSPS) is 20.7. The molecular weight excluding hydrogens is 2620 g/mol. The molecule has 0 aromatic heterocycles. The molecule has 0 radical (unpaired) electrons. The molecule has 0 heterocycles. The maximum absolute atomic E-state index is 8.87. The molecule has 560 valence electrons. The van der Waals surface area contributed by atoms with Crippen LogP contribution in [0, 0.1) is 0 Å². The Bertz CT molecular complexity index is 2100. The summed E-state index contributed by atoms with van der Waals surface area (Å²) in [6.45, 7) is 0. The third kappa shape index (κ3) is 113. The number of hydrogen-bond acceptors (Lipinski definition) is 20. The molecule has 20 N–H and O–H groups in total. The van der Waals surface area contributed by atoms with E-state index < -0.39 is 134 Å². The van der Waals surface area contributed by atoms with E-state index >= 15 is 0 Å². The zero-order valence-corrected chi connectivity index (χ0v) is 75.3. The monoisotopic (exact) mass is 2720 g/mol. The second-order valence-corrected chi connectivity index (χ2v) is 48.7. The van der Waals surface area contributed by atoms with Crippen LogP contribution in [0.1, 0.15) is 257 Å². The average Bonchev–Trinajstić information content (AvgIpc) is 2.33. The van der Waals surface area contributed by atoms with E-state index in [1.807, 2.05) is 0 Å². The van der Waals surface area contributed by atoms with Crippen molar-refractivity contribution in [2.75, 3.05) is 0 Å². The van der Waals surface area contributed by atoms with Gasteiger partial charge in [0, 0.05) is 48.3 Å². The van der Waals surface area contributed by atoms with E-state index in [2.05, 4.69) is 21.3 Å². The number of rotatable bonds is 8. The maximum atomic E-state index is 8.87. The Labute approximate surface area is 568 Å². The van der Waals surface area contributed by atoms with Crippen molar-refractivity contribution in [1.82, 2.24) is 21.3 Å². The minimum atomic E-state index is -5.67. The van der Waals surface area contributed by atoms with Gasteiger partial charge in [0.15, 0.2) is 0 Å². The van der Waals surface area contributed by atoms with Crippen LogP contribution in [0.5, 0.6) is 0 Å². The molecule has 92 heavy (non-hydrogen) atoms. The molecule has 8 rings (SSSR count). The summed E-state index contributed by atoms with van der Waals surface area (Å²) in [4.78, 5) is 0. The van der Waals surface area contributed by atoms with Gasteiger partial charge in [-0.2, -0.15) is 0 Å². The molecule has 0 bridgehead atoms. The van der Waals surface area contributed by atoms with Crippen molar-refractivity contribution in [3.63, 3.8) is 0 Å². The molecule has 0 spiro atoms. The van der Waals surface area contributed by atoms with E-state index in [1.165, 1.54) is 257 Å². The molecular formula is C48H108N4O32W8. The predicted molar refractivity (Wildman–Crippen MR) is 274 cm³/mol. The summed E-state index contributed by atoms with van der Waals surface area (Å²) in [6, 6.07) is 6.98. The summed E-state index contributed by atoms with van der Waals surface area (Å²) in [5.41, 5.74) is 0. The van der Waals surface area contributed by atoms with E-state index in [-0.39, 0.29) is 0 Å². The third-order valence-electron chi connectivity index (χ3n) is 14.7. The first-order valence-corrected chi connectivity index (χ1v) is 70.6. The Morgan fingerprint density at radius 2 is 0.196 bits per heavy atom. The van der Waals surface area contributed by atoms with E-state index in [0.29, 0.717) is 0 Å². The molecule has 0 aromatic carbocycles. The van der Waals surface area contributed by atoms with Crippen molar-refractivity contribution in [2.45, 2.75) is 305 Å². The zero-order valence-electron chi connectivity index (χ0n) is 51.9. The van der Waals surface area contributed by atoms with Crippen LogP contribution in [0.4, 0.5) is 0 Å². The molecule has 8 aliphatic carbocycles. The molecule has 0 aliphatic heterocycles. The SMILES string of the molecule is C1CCC(NC2CCCCC2)CC1.C1CCC(NC2CCCCC2)CC1.C1CCC(NC2CCCCC2)CC1.C1CCC(NC2CCCCC2)CC1.[O]=[W](=[O])([OH])[OH].[O]=[W](=[O])([OH])[OH].[O]=[W](=[O])([OH])[OH].[O]=[W](=[O])([OH])[OH].[O]=[W](=[O])([OH])[OH].[O]=[W](=[O])([OH])[OH].[O]=[W](=[O])([OH])[OH].[O]=[W](=[O])([OH])[OH]. The van der Waals surface area contributed by atoms with Gasteiger partial charge < -0.3 is 21.3 Å². The standard InChI is InChI=1S/4C12H23N.16H2O.16O.8W/c4*1-3-7-11(8-4-1)13-12-9-5-2-6-10-12;;;;;;;;;;;;;;;;;;;;;;;;;;;;;;;;;;;;;;;;/h4*11-13H,1-10H2;16*1H2;;;;;;;;;;;;;;;;;;;;;;;;/q;;;;;;;;;;;;;;;;;;;;;;;;;;;;;;;;;;;;8*+2/p-16. The molecule has 8 saturated carbocycles. The Morgan fingerprint density at radius 1 is 0.141 bits per heavy atom. The van der Waals surface area contributed by atoms with Crippen LogP contribution in [-0.2, 0) is 188 Å². The van der Waals surface area contributed by atoms with Crippen LogP contribution in [0.3, 0.4) is 0 Å². The van der Waals surface area contributed by atoms with E-state index in [9.17, 15) is 0 Å². The van der Waals surface area contributed by atoms with Crippen LogP contribution in [0.15, 0.2) is 0 Å². The molecule has 0 atom stereocenters. The minimum absolute atomic E-state index is 0.872. The van der Waals surface area contributed by atoms with E-state index in [4.69, 9.17) is 115 Å². The van der Waals surface area contributed by atoms with Crippen molar-refractivity contribution in [3.05, 3.63) is 0 Å². The molecule has 44 heteroatoms. The van der Waals surface area contributed by atoms with Crippen LogP contribution in [-0.4, -0.2) is 108 Å². The first-order valence-electron chi connectivity index (χ1n) is 30.4. The molecule has 36 nitrogen and oxygen atoms in total. The van der Waals surface area contributed by atoms with Gasteiger partial charge in [0.25, 0.3) is 0 Å². The third-order valence-corrected chi connectivity index (χ3v) is 14.7. The fourth-order valence-corrected chi connectivity index (χ4v) is 11.5. The Morgan fingerprint density at radius 3 is 0.250 bits per heavy atom. The Hall–Kier alpha value is 1.51. The fourth-order valence-electron chi connectivity index (χ4n) is 11.5. The number of hydrogen-bond donors (Lipinski definition) is 20. The average molecular weight is 2720 g/mol. The first-order chi connectivity index (χ1) is 41.8. The molecule has 0 amide bonds. The summed E-state index contributed by atoms with van der Waals surface area (Å²) >= 11 is -45.3. The van der Waals surface area contributed by atoms with Gasteiger partial charge in [0.2, 0.25) is 0 Å². The molecule has 8 aliphatic rings. The summed E-state index contributed by atoms with van der Waals surface area (Å²) in [6.07, 6.45) is 58.3. The summed E-state index contributed by atoms with van der Waals surface area (Å²) in [5.74, 6) is 0. The van der Waals surface area contributed by atoms with E-state index in [0.717, 1.165) is 48.3 Å². The topological polar surface area (TPSA) is 645 Å². The van der Waals surface area contributed by atoms with Gasteiger partial charge in [-0.1, -0.05) is 154 Å². The molecule has 0 saturated heterocycles. The van der Waals surface area contributed by atoms with Crippen molar-refractivity contribution in [2.24, 2.45) is 0 Å². The van der Waals surface area contributed by atoms with Crippen molar-refractivity contribution < 1.29 is 248 Å². The van der Waals surface area contributed by atoms with Gasteiger partial charge in [0.1, 0.15) is 0 Å². The number of nitrogens with one attached hydrogen (secondary N) is 4. The Balaban J connectivity index is -0.000000474. The summed E-state index contributed by atoms with van der Waals surface area (Å²) in [5, 5.41) is 15.4. The second kappa shape index (κ2) is 56.1. The van der Waals surface area contributed by atoms with Crippen molar-refractivity contribution in [1.29, 1.82) is 0 Å². The second-order valence-electron chi connectivity index (χ2n) is 22.9. The quantitative estimate of drug-likeness (QED) is 0.165. The predicted octanol–water partition coefficient (Wildman–Crippen LogP) is 2.13. The molecule has 0 aromatic rings. The van der Waals surface area contributed by atoms with Crippen LogP contribution >= 0.6 is 0 Å². The summed E-state index contributed by atoms with van der Waals surface area (Å²) < 4.78 is 257.